The molecule has 10 bridgehead atoms. The summed E-state index contributed by atoms with van der Waals surface area (Å²) < 4.78 is 109. The molecule has 0 spiro atoms. The van der Waals surface area contributed by atoms with E-state index < -0.39 is 36.8 Å². The van der Waals surface area contributed by atoms with Crippen molar-refractivity contribution in [2.75, 3.05) is 9.80 Å². The summed E-state index contributed by atoms with van der Waals surface area (Å²) >= 11 is 0. The van der Waals surface area contributed by atoms with E-state index in [2.05, 4.69) is 32.9 Å². The number of pyridine rings is 1. The minimum Gasteiger partial charge on any atom is -0.509 e. The number of anilines is 4. The second kappa shape index (κ2) is 21.1. The first-order chi connectivity index (χ1) is 42.3. The van der Waals surface area contributed by atoms with Crippen LogP contribution in [0.25, 0.3) is 72.1 Å². The molecule has 0 amide bonds. The Hall–Kier alpha value is -8.18. The van der Waals surface area contributed by atoms with Gasteiger partial charge in [0.05, 0.1) is 4.11 Å². The number of hydrogen-bond donors (Lipinski definition) is 0. The van der Waals surface area contributed by atoms with Gasteiger partial charge in [0.1, 0.15) is 17.3 Å². The molecule has 400 valence electrons. The minimum absolute atomic E-state index is 0. The van der Waals surface area contributed by atoms with Crippen LogP contribution in [-0.4, -0.2) is 9.55 Å². The van der Waals surface area contributed by atoms with E-state index >= 15 is 0 Å². The molecular weight excluding hydrogens is 1160 g/mol. The summed E-state index contributed by atoms with van der Waals surface area (Å²) in [5.74, 6) is 0.962. The monoisotopic (exact) mass is 1230 g/mol. The van der Waals surface area contributed by atoms with E-state index in [4.69, 9.17) is 18.6 Å². The number of benzene rings is 9. The number of fused-ring (bicyclic) bond motifs is 5. The molecule has 9 aromatic carbocycles. The summed E-state index contributed by atoms with van der Waals surface area (Å²) in [6, 6.07) is 59.1. The minimum atomic E-state index is -2.65. The Morgan fingerprint density at radius 2 is 1.32 bits per heavy atom. The third-order valence-electron chi connectivity index (χ3n) is 14.3. The van der Waals surface area contributed by atoms with Crippen LogP contribution in [0, 0.1) is 37.5 Å². The molecule has 3 aliphatic rings. The SMILES string of the molecule is [2H]c1c(-c2ccccc2)c([2H])c2c3ccc4[c-]c3n(c2c1[2H])-c1cc(C(C)(C)C)c(cn1)-c1cccc(c1)Oc1ccccc1-c1cc(C([2H])([2H])C(C)C)cc(-c2cc(C([2H])([2H])[2H])cc(C([2H])([2H])C(C)C)c2)c1N1[CH-]N(c2[c-]c(ccc2)O4)c2ccccc21.[Pt]. The summed E-state index contributed by atoms with van der Waals surface area (Å²) in [6.45, 7) is 12.8. The van der Waals surface area contributed by atoms with E-state index in [0.717, 1.165) is 22.4 Å². The molecule has 2 aromatic heterocycles. The van der Waals surface area contributed by atoms with Crippen LogP contribution in [0.4, 0.5) is 22.7 Å². The Labute approximate surface area is 499 Å². The first-order valence-corrected chi connectivity index (χ1v) is 26.8. The van der Waals surface area contributed by atoms with Crippen molar-refractivity contribution in [2.45, 2.75) is 73.5 Å². The fraction of sp³-hybridized carbons (Fsp3) is 0.178. The maximum atomic E-state index is 9.84. The van der Waals surface area contributed by atoms with Gasteiger partial charge in [-0.3, -0.25) is 0 Å². The van der Waals surface area contributed by atoms with Gasteiger partial charge in [-0.15, -0.1) is 48.1 Å². The maximum absolute atomic E-state index is 9.84. The number of nitrogens with zero attached hydrogens (tertiary/aromatic N) is 4. The number of ether oxygens (including phenoxy) is 2. The molecule has 0 saturated carbocycles. The number of aromatic nitrogens is 2. The van der Waals surface area contributed by atoms with Crippen LogP contribution in [0.1, 0.15) is 84.4 Å². The third kappa shape index (κ3) is 9.89. The number of rotatable bonds is 6. The van der Waals surface area contributed by atoms with Gasteiger partial charge in [-0.05, 0) is 136 Å². The summed E-state index contributed by atoms with van der Waals surface area (Å²) in [5, 5.41) is 1.09. The molecule has 0 saturated heterocycles. The van der Waals surface area contributed by atoms with Crippen molar-refractivity contribution in [1.82, 2.24) is 9.55 Å². The van der Waals surface area contributed by atoms with Crippen LogP contribution < -0.4 is 19.3 Å². The maximum Gasteiger partial charge on any atom is 0.135 e. The summed E-state index contributed by atoms with van der Waals surface area (Å²) in [6.07, 6.45) is -2.09. The van der Waals surface area contributed by atoms with Gasteiger partial charge < -0.3 is 23.8 Å². The summed E-state index contributed by atoms with van der Waals surface area (Å²) in [5.41, 5.74) is 8.83. The molecule has 7 heteroatoms. The smallest absolute Gasteiger partial charge is 0.135 e. The summed E-state index contributed by atoms with van der Waals surface area (Å²) in [4.78, 5) is 9.17. The molecule has 0 atom stereocenters. The molecule has 0 radical (unpaired) electrons. The average molecular weight is 1230 g/mol. The zero-order valence-electron chi connectivity index (χ0n) is 55.4. The van der Waals surface area contributed by atoms with Crippen molar-refractivity contribution < 1.29 is 44.2 Å². The molecule has 0 aliphatic carbocycles. The first-order valence-electron chi connectivity index (χ1n) is 31.8. The molecule has 0 unspecified atom stereocenters. The second-order valence-electron chi connectivity index (χ2n) is 21.9. The van der Waals surface area contributed by atoms with E-state index in [1.165, 1.54) is 6.07 Å². The van der Waals surface area contributed by atoms with Crippen molar-refractivity contribution >= 4 is 44.6 Å². The van der Waals surface area contributed by atoms with Gasteiger partial charge in [0.25, 0.3) is 0 Å². The molecular formula is C73H63N4O2Pt-3. The molecule has 80 heavy (non-hydrogen) atoms. The molecule has 0 N–H and O–H groups in total. The molecule has 3 aliphatic heterocycles. The van der Waals surface area contributed by atoms with Gasteiger partial charge in [-0.25, -0.2) is 4.98 Å². The van der Waals surface area contributed by atoms with Gasteiger partial charge in [0.2, 0.25) is 0 Å². The van der Waals surface area contributed by atoms with Gasteiger partial charge in [0, 0.05) is 93.2 Å². The van der Waals surface area contributed by atoms with E-state index in [0.29, 0.717) is 107 Å². The van der Waals surface area contributed by atoms with Crippen LogP contribution in [0.5, 0.6) is 23.0 Å². The van der Waals surface area contributed by atoms with E-state index in [1.807, 2.05) is 175 Å². The number of para-hydroxylation sites is 3. The van der Waals surface area contributed by atoms with Crippen molar-refractivity contribution in [2.24, 2.45) is 11.8 Å². The van der Waals surface area contributed by atoms with Gasteiger partial charge in [-0.2, -0.15) is 12.1 Å². The molecule has 6 nitrogen and oxygen atoms in total. The van der Waals surface area contributed by atoms with Crippen molar-refractivity contribution in [1.29, 1.82) is 0 Å². The largest absolute Gasteiger partial charge is 0.509 e. The fourth-order valence-electron chi connectivity index (χ4n) is 11.0. The van der Waals surface area contributed by atoms with Gasteiger partial charge in [-0.1, -0.05) is 163 Å². The van der Waals surface area contributed by atoms with Crippen LogP contribution in [-0.2, 0) is 39.2 Å². The molecule has 14 rings (SSSR count). The normalized spacial score (nSPS) is 15.2. The Morgan fingerprint density at radius 3 is 2.11 bits per heavy atom. The number of aryl methyl sites for hydroxylation is 1. The van der Waals surface area contributed by atoms with Gasteiger partial charge in [0.15, 0.2) is 0 Å². The predicted octanol–water partition coefficient (Wildman–Crippen LogP) is 19.8. The quantitative estimate of drug-likeness (QED) is 0.155. The van der Waals surface area contributed by atoms with Crippen molar-refractivity contribution in [3.05, 3.63) is 235 Å². The second-order valence-corrected chi connectivity index (χ2v) is 21.9. The standard InChI is InChI=1S/C73H63N4O2.Pt/c1-46(2)32-49-34-48(5)35-54(36-49)61-37-50(33-47(3)4)38-63-60-24-12-15-27-70(60)79-56-22-16-20-53(39-56)64-44-74-71(43-65(64)73(6,7)8)77-66-31-28-52(51-18-10-9-11-19-51)40-62(66)59-30-29-58(42-69(59)77)78-57-23-17-21-55(41-57)75-45-76(72(61)63)68-26-14-13-25-67(68)75;/h9-31,34-40,43-47H,32-33H2,1-8H3;/q-3;/i5D3,28D,31D,32D2,33D2,40D;. The fourth-order valence-corrected chi connectivity index (χ4v) is 11.0. The van der Waals surface area contributed by atoms with Crippen molar-refractivity contribution in [3.8, 4) is 73.3 Å². The zero-order valence-corrected chi connectivity index (χ0v) is 47.7. The van der Waals surface area contributed by atoms with E-state index in [-0.39, 0.29) is 50.3 Å². The molecule has 5 heterocycles. The predicted molar refractivity (Wildman–Crippen MR) is 327 cm³/mol. The third-order valence-corrected chi connectivity index (χ3v) is 14.3. The van der Waals surface area contributed by atoms with Crippen LogP contribution in [0.3, 0.4) is 0 Å². The van der Waals surface area contributed by atoms with Gasteiger partial charge >= 0.3 is 0 Å². The van der Waals surface area contributed by atoms with Crippen molar-refractivity contribution in [3.63, 3.8) is 0 Å². The topological polar surface area (TPSA) is 42.8 Å². The molecule has 11 aromatic rings. The Kier molecular flexibility index (Phi) is 11.0. The Morgan fingerprint density at radius 1 is 0.613 bits per heavy atom. The van der Waals surface area contributed by atoms with Crippen LogP contribution in [0.2, 0.25) is 0 Å². The van der Waals surface area contributed by atoms with Crippen LogP contribution >= 0.6 is 0 Å². The molecule has 0 fully saturated rings. The first kappa shape index (κ1) is 41.8. The van der Waals surface area contributed by atoms with E-state index in [1.54, 1.807) is 44.2 Å². The number of hydrogen-bond acceptors (Lipinski definition) is 5. The average Bonchev–Trinajstić information content (AvgIpc) is 1.48. The van der Waals surface area contributed by atoms with Crippen LogP contribution in [0.15, 0.2) is 194 Å². The summed E-state index contributed by atoms with van der Waals surface area (Å²) in [7, 11) is 0. The Balaban J connectivity index is 0.00000785. The zero-order chi connectivity index (χ0) is 62.8. The Bertz CT molecular complexity index is 4650. The van der Waals surface area contributed by atoms with E-state index in [9.17, 15) is 9.60 Å².